The molecule has 6 heteroatoms. The van der Waals surface area contributed by atoms with Gasteiger partial charge in [-0.2, -0.15) is 11.8 Å². The van der Waals surface area contributed by atoms with Gasteiger partial charge in [0.2, 0.25) is 0 Å². The van der Waals surface area contributed by atoms with Gasteiger partial charge in [0, 0.05) is 36.6 Å². The number of halogens is 1. The molecule has 1 heterocycles. The Balaban J connectivity index is 0.00000261. The van der Waals surface area contributed by atoms with Crippen LogP contribution in [0.3, 0.4) is 0 Å². The fourth-order valence-corrected chi connectivity index (χ4v) is 4.79. The molecule has 0 radical (unpaired) electrons. The molecule has 0 aromatic heterocycles. The summed E-state index contributed by atoms with van der Waals surface area (Å²) in [4.78, 5) is 7.17. The van der Waals surface area contributed by atoms with Crippen LogP contribution in [0.4, 0.5) is 5.69 Å². The topological polar surface area (TPSA) is 39.7 Å². The molecule has 2 N–H and O–H groups in total. The zero-order valence-corrected chi connectivity index (χ0v) is 19.6. The van der Waals surface area contributed by atoms with Gasteiger partial charge in [-0.15, -0.1) is 24.0 Å². The molecule has 4 nitrogen and oxygen atoms in total. The van der Waals surface area contributed by atoms with E-state index in [0.29, 0.717) is 12.6 Å². The number of hydrogen-bond acceptors (Lipinski definition) is 3. The molecular formula is C21H33IN4S. The van der Waals surface area contributed by atoms with Gasteiger partial charge in [-0.05, 0) is 49.6 Å². The molecule has 2 aliphatic rings. The summed E-state index contributed by atoms with van der Waals surface area (Å²) in [5, 5.41) is 7.85. The molecule has 3 rings (SSSR count). The first-order valence-electron chi connectivity index (χ1n) is 9.93. The second kappa shape index (κ2) is 11.8. The summed E-state index contributed by atoms with van der Waals surface area (Å²) in [6.07, 6.45) is 8.27. The third-order valence-electron chi connectivity index (χ3n) is 5.01. The molecule has 1 aliphatic carbocycles. The first-order valence-corrected chi connectivity index (χ1v) is 11.0. The maximum absolute atomic E-state index is 4.81. The number of anilines is 1. The van der Waals surface area contributed by atoms with E-state index in [0.717, 1.165) is 30.8 Å². The molecule has 0 saturated heterocycles. The quantitative estimate of drug-likeness (QED) is 0.252. The highest BCUT2D eigenvalue weighted by Crippen LogP contribution is 2.29. The van der Waals surface area contributed by atoms with Crippen molar-refractivity contribution in [2.45, 2.75) is 50.9 Å². The minimum absolute atomic E-state index is 0. The number of nitrogens with zero attached hydrogens (tertiary/aromatic N) is 2. The van der Waals surface area contributed by atoms with Crippen LogP contribution in [0.1, 0.15) is 38.7 Å². The normalized spacial score (nSPS) is 22.0. The van der Waals surface area contributed by atoms with Crippen molar-refractivity contribution in [3.05, 3.63) is 42.0 Å². The van der Waals surface area contributed by atoms with Crippen LogP contribution in [0, 0.1) is 0 Å². The smallest absolute Gasteiger partial charge is 0.191 e. The van der Waals surface area contributed by atoms with Gasteiger partial charge in [-0.3, -0.25) is 0 Å². The van der Waals surface area contributed by atoms with E-state index < -0.39 is 0 Å². The fourth-order valence-electron chi connectivity index (χ4n) is 3.64. The molecular weight excluding hydrogens is 467 g/mol. The van der Waals surface area contributed by atoms with E-state index >= 15 is 0 Å². The lowest BCUT2D eigenvalue weighted by Crippen LogP contribution is -2.42. The lowest BCUT2D eigenvalue weighted by Gasteiger charge is -2.18. The van der Waals surface area contributed by atoms with E-state index in [1.807, 2.05) is 0 Å². The van der Waals surface area contributed by atoms with Gasteiger partial charge in [-0.25, -0.2) is 4.99 Å². The summed E-state index contributed by atoms with van der Waals surface area (Å²) >= 11 is 2.10. The molecule has 1 aromatic carbocycles. The van der Waals surface area contributed by atoms with Crippen molar-refractivity contribution >= 4 is 47.4 Å². The Morgan fingerprint density at radius 1 is 1.15 bits per heavy atom. The van der Waals surface area contributed by atoms with Crippen molar-refractivity contribution in [2.75, 3.05) is 30.3 Å². The summed E-state index contributed by atoms with van der Waals surface area (Å²) in [6, 6.07) is 9.37. The van der Waals surface area contributed by atoms with Gasteiger partial charge < -0.3 is 15.5 Å². The summed E-state index contributed by atoms with van der Waals surface area (Å²) in [5.41, 5.74) is 2.54. The standard InChI is InChI=1S/C21H32N4S.HI/c1-3-22-21(24-18-9-12-20(15-18)26-4-2)23-16-17-7-10-19(11-8-17)25-13-5-6-14-25;/h5-8,10-11,18,20H,3-4,9,12-16H2,1-2H3,(H2,22,23,24);1H. The average molecular weight is 500 g/mol. The van der Waals surface area contributed by atoms with Gasteiger partial charge in [0.15, 0.2) is 5.96 Å². The zero-order chi connectivity index (χ0) is 18.2. The fraction of sp³-hybridized carbons (Fsp3) is 0.571. The van der Waals surface area contributed by atoms with Gasteiger partial charge in [-0.1, -0.05) is 31.2 Å². The number of rotatable bonds is 7. The summed E-state index contributed by atoms with van der Waals surface area (Å²) < 4.78 is 0. The lowest BCUT2D eigenvalue weighted by molar-refractivity contribution is 0.615. The van der Waals surface area contributed by atoms with Gasteiger partial charge in [0.1, 0.15) is 0 Å². The Bertz CT molecular complexity index is 609. The van der Waals surface area contributed by atoms with Crippen LogP contribution in [0.25, 0.3) is 0 Å². The molecule has 1 aliphatic heterocycles. The zero-order valence-electron chi connectivity index (χ0n) is 16.5. The molecule has 27 heavy (non-hydrogen) atoms. The van der Waals surface area contributed by atoms with Gasteiger partial charge in [0.05, 0.1) is 6.54 Å². The van der Waals surface area contributed by atoms with Crippen molar-refractivity contribution in [1.29, 1.82) is 0 Å². The number of nitrogens with one attached hydrogen (secondary N) is 2. The van der Waals surface area contributed by atoms with E-state index in [2.05, 4.69) is 77.6 Å². The van der Waals surface area contributed by atoms with Crippen molar-refractivity contribution in [3.63, 3.8) is 0 Å². The highest BCUT2D eigenvalue weighted by Gasteiger charge is 2.25. The molecule has 0 spiro atoms. The van der Waals surface area contributed by atoms with Crippen LogP contribution >= 0.6 is 35.7 Å². The molecule has 1 fully saturated rings. The van der Waals surface area contributed by atoms with Gasteiger partial charge in [0.25, 0.3) is 0 Å². The summed E-state index contributed by atoms with van der Waals surface area (Å²) in [5.74, 6) is 2.17. The van der Waals surface area contributed by atoms with Crippen LogP contribution in [0.5, 0.6) is 0 Å². The number of hydrogen-bond donors (Lipinski definition) is 2. The largest absolute Gasteiger partial charge is 0.364 e. The van der Waals surface area contributed by atoms with E-state index in [4.69, 9.17) is 4.99 Å². The first kappa shape index (κ1) is 22.4. The minimum Gasteiger partial charge on any atom is -0.364 e. The van der Waals surface area contributed by atoms with Crippen molar-refractivity contribution in [2.24, 2.45) is 4.99 Å². The third kappa shape index (κ3) is 6.89. The van der Waals surface area contributed by atoms with Crippen molar-refractivity contribution in [3.8, 4) is 0 Å². The number of benzene rings is 1. The van der Waals surface area contributed by atoms with Crippen LogP contribution in [-0.2, 0) is 6.54 Å². The predicted molar refractivity (Wildman–Crippen MR) is 131 cm³/mol. The number of guanidine groups is 1. The van der Waals surface area contributed by atoms with E-state index in [9.17, 15) is 0 Å². The summed E-state index contributed by atoms with van der Waals surface area (Å²) in [7, 11) is 0. The summed E-state index contributed by atoms with van der Waals surface area (Å²) in [6.45, 7) is 8.03. The van der Waals surface area contributed by atoms with E-state index in [1.165, 1.54) is 36.3 Å². The second-order valence-corrected chi connectivity index (χ2v) is 8.55. The first-order chi connectivity index (χ1) is 12.8. The monoisotopic (exact) mass is 500 g/mol. The van der Waals surface area contributed by atoms with Crippen LogP contribution in [0.2, 0.25) is 0 Å². The van der Waals surface area contributed by atoms with Crippen LogP contribution in [-0.4, -0.2) is 42.6 Å². The molecule has 1 saturated carbocycles. The van der Waals surface area contributed by atoms with Crippen LogP contribution < -0.4 is 15.5 Å². The van der Waals surface area contributed by atoms with Crippen LogP contribution in [0.15, 0.2) is 41.4 Å². The maximum Gasteiger partial charge on any atom is 0.191 e. The highest BCUT2D eigenvalue weighted by molar-refractivity contribution is 14.0. The molecule has 2 unspecified atom stereocenters. The second-order valence-electron chi connectivity index (χ2n) is 6.97. The van der Waals surface area contributed by atoms with Crippen molar-refractivity contribution in [1.82, 2.24) is 10.6 Å². The maximum atomic E-state index is 4.81. The third-order valence-corrected chi connectivity index (χ3v) is 6.24. The van der Waals surface area contributed by atoms with Crippen molar-refractivity contribution < 1.29 is 0 Å². The average Bonchev–Trinajstić information content (AvgIpc) is 3.33. The Hall–Kier alpha value is -0.890. The molecule has 0 bridgehead atoms. The number of thioether (sulfide) groups is 1. The Kier molecular flexibility index (Phi) is 9.82. The number of aliphatic imine (C=N–C) groups is 1. The lowest BCUT2D eigenvalue weighted by atomic mass is 10.2. The Morgan fingerprint density at radius 2 is 1.89 bits per heavy atom. The van der Waals surface area contributed by atoms with E-state index in [1.54, 1.807) is 0 Å². The molecule has 1 aromatic rings. The van der Waals surface area contributed by atoms with Gasteiger partial charge >= 0.3 is 0 Å². The van der Waals surface area contributed by atoms with E-state index in [-0.39, 0.29) is 24.0 Å². The predicted octanol–water partition coefficient (Wildman–Crippen LogP) is 4.41. The molecule has 150 valence electrons. The Morgan fingerprint density at radius 3 is 2.56 bits per heavy atom. The molecule has 0 amide bonds. The minimum atomic E-state index is 0. The SMILES string of the molecule is CCNC(=NCc1ccc(N2CC=CC2)cc1)NC1CCC(SCC)C1.I. The highest BCUT2D eigenvalue weighted by atomic mass is 127. The Labute approximate surface area is 185 Å². The molecule has 2 atom stereocenters.